The third-order valence-electron chi connectivity index (χ3n) is 5.51. The molecule has 162 valence electrons. The van der Waals surface area contributed by atoms with Crippen molar-refractivity contribution in [1.29, 1.82) is 0 Å². The van der Waals surface area contributed by atoms with Crippen LogP contribution in [0.2, 0.25) is 0 Å². The Kier molecular flexibility index (Phi) is 8.05. The lowest BCUT2D eigenvalue weighted by Gasteiger charge is -2.31. The standard InChI is InChI=1S/C24H34N4O2/c1-4-5-6-7-16-30-22-10-8-21(9-11-22)27-23(29)20-12-14-28(15-13-20)24-25-18(2)17-19(3)26-24/h8-11,17,20H,4-7,12-16H2,1-3H3,(H,27,29). The minimum absolute atomic E-state index is 0.0154. The molecule has 6 nitrogen and oxygen atoms in total. The van der Waals surface area contributed by atoms with Crippen molar-refractivity contribution in [1.82, 2.24) is 9.97 Å². The van der Waals surface area contributed by atoms with Crippen LogP contribution >= 0.6 is 0 Å². The van der Waals surface area contributed by atoms with Gasteiger partial charge in [-0.05, 0) is 63.4 Å². The van der Waals surface area contributed by atoms with Crippen LogP contribution in [0.15, 0.2) is 30.3 Å². The van der Waals surface area contributed by atoms with Gasteiger partial charge in [0.25, 0.3) is 0 Å². The number of amides is 1. The molecule has 0 atom stereocenters. The molecule has 1 aromatic heterocycles. The molecule has 6 heteroatoms. The highest BCUT2D eigenvalue weighted by Gasteiger charge is 2.26. The Morgan fingerprint density at radius 1 is 1.07 bits per heavy atom. The summed E-state index contributed by atoms with van der Waals surface area (Å²) in [5.74, 6) is 1.73. The van der Waals surface area contributed by atoms with Gasteiger partial charge in [-0.1, -0.05) is 26.2 Å². The highest BCUT2D eigenvalue weighted by molar-refractivity contribution is 5.92. The molecule has 0 radical (unpaired) electrons. The number of benzene rings is 1. The molecule has 0 bridgehead atoms. The SMILES string of the molecule is CCCCCCOc1ccc(NC(=O)C2CCN(c3nc(C)cc(C)n3)CC2)cc1. The van der Waals surface area contributed by atoms with Gasteiger partial charge in [0.2, 0.25) is 11.9 Å². The minimum atomic E-state index is 0.0154. The summed E-state index contributed by atoms with van der Waals surface area (Å²) < 4.78 is 5.77. The summed E-state index contributed by atoms with van der Waals surface area (Å²) in [5, 5.41) is 3.05. The van der Waals surface area contributed by atoms with E-state index in [1.54, 1.807) is 0 Å². The molecule has 2 heterocycles. The number of carbonyl (C=O) groups excluding carboxylic acids is 1. The summed E-state index contributed by atoms with van der Waals surface area (Å²) >= 11 is 0. The zero-order valence-electron chi connectivity index (χ0n) is 18.5. The first-order chi connectivity index (χ1) is 14.5. The molecule has 1 N–H and O–H groups in total. The van der Waals surface area contributed by atoms with Crippen LogP contribution < -0.4 is 15.0 Å². The summed E-state index contributed by atoms with van der Waals surface area (Å²) in [5.41, 5.74) is 2.77. The van der Waals surface area contributed by atoms with E-state index in [-0.39, 0.29) is 11.8 Å². The highest BCUT2D eigenvalue weighted by Crippen LogP contribution is 2.23. The van der Waals surface area contributed by atoms with Crippen molar-refractivity contribution in [3.05, 3.63) is 41.7 Å². The van der Waals surface area contributed by atoms with Gasteiger partial charge in [0.15, 0.2) is 0 Å². The van der Waals surface area contributed by atoms with Gasteiger partial charge < -0.3 is 15.0 Å². The first-order valence-electron chi connectivity index (χ1n) is 11.2. The number of hydrogen-bond donors (Lipinski definition) is 1. The van der Waals surface area contributed by atoms with Gasteiger partial charge in [0.05, 0.1) is 6.61 Å². The molecule has 1 aliphatic rings. The number of aryl methyl sites for hydroxylation is 2. The van der Waals surface area contributed by atoms with Crippen LogP contribution in [0.3, 0.4) is 0 Å². The van der Waals surface area contributed by atoms with Crippen molar-refractivity contribution < 1.29 is 9.53 Å². The average molecular weight is 411 g/mol. The molecule has 1 aromatic carbocycles. The normalized spacial score (nSPS) is 14.6. The first-order valence-corrected chi connectivity index (χ1v) is 11.2. The minimum Gasteiger partial charge on any atom is -0.494 e. The molecule has 2 aromatic rings. The van der Waals surface area contributed by atoms with E-state index in [1.807, 2.05) is 44.2 Å². The van der Waals surface area contributed by atoms with Crippen LogP contribution in [-0.4, -0.2) is 35.6 Å². The second-order valence-corrected chi connectivity index (χ2v) is 8.13. The number of anilines is 2. The molecule has 1 aliphatic heterocycles. The topological polar surface area (TPSA) is 67.3 Å². The lowest BCUT2D eigenvalue weighted by Crippen LogP contribution is -2.39. The van der Waals surface area contributed by atoms with E-state index in [0.29, 0.717) is 0 Å². The van der Waals surface area contributed by atoms with Gasteiger partial charge in [-0.3, -0.25) is 4.79 Å². The van der Waals surface area contributed by atoms with Gasteiger partial charge in [0, 0.05) is 36.1 Å². The van der Waals surface area contributed by atoms with Crippen LogP contribution in [0, 0.1) is 19.8 Å². The van der Waals surface area contributed by atoms with Crippen molar-refractivity contribution in [3.63, 3.8) is 0 Å². The summed E-state index contributed by atoms with van der Waals surface area (Å²) in [6.07, 6.45) is 6.39. The van der Waals surface area contributed by atoms with Crippen molar-refractivity contribution in [2.24, 2.45) is 5.92 Å². The van der Waals surface area contributed by atoms with Crippen LogP contribution in [0.1, 0.15) is 56.8 Å². The summed E-state index contributed by atoms with van der Waals surface area (Å²) in [6, 6.07) is 9.66. The number of hydrogen-bond acceptors (Lipinski definition) is 5. The number of aromatic nitrogens is 2. The molecule has 0 aliphatic carbocycles. The van der Waals surface area contributed by atoms with E-state index in [2.05, 4.69) is 27.1 Å². The van der Waals surface area contributed by atoms with E-state index < -0.39 is 0 Å². The molecular formula is C24H34N4O2. The molecule has 1 fully saturated rings. The van der Waals surface area contributed by atoms with Crippen LogP contribution in [0.4, 0.5) is 11.6 Å². The Hall–Kier alpha value is -2.63. The maximum atomic E-state index is 12.7. The van der Waals surface area contributed by atoms with E-state index in [1.165, 1.54) is 19.3 Å². The van der Waals surface area contributed by atoms with Crippen molar-refractivity contribution in [3.8, 4) is 5.75 Å². The number of unbranched alkanes of at least 4 members (excludes halogenated alkanes) is 3. The summed E-state index contributed by atoms with van der Waals surface area (Å²) in [4.78, 5) is 23.9. The molecule has 0 unspecified atom stereocenters. The monoisotopic (exact) mass is 410 g/mol. The Morgan fingerprint density at radius 3 is 2.37 bits per heavy atom. The first kappa shape index (κ1) is 22.1. The summed E-state index contributed by atoms with van der Waals surface area (Å²) in [7, 11) is 0. The van der Waals surface area contributed by atoms with Crippen molar-refractivity contribution in [2.75, 3.05) is 29.9 Å². The highest BCUT2D eigenvalue weighted by atomic mass is 16.5. The summed E-state index contributed by atoms with van der Waals surface area (Å²) in [6.45, 7) is 8.52. The van der Waals surface area contributed by atoms with E-state index >= 15 is 0 Å². The smallest absolute Gasteiger partial charge is 0.227 e. The molecular weight excluding hydrogens is 376 g/mol. The van der Waals surface area contributed by atoms with Crippen LogP contribution in [0.25, 0.3) is 0 Å². The Labute approximate surface area is 180 Å². The molecule has 0 saturated carbocycles. The fourth-order valence-electron chi connectivity index (χ4n) is 3.79. The number of nitrogens with one attached hydrogen (secondary N) is 1. The second kappa shape index (κ2) is 11.0. The number of nitrogens with zero attached hydrogens (tertiary/aromatic N) is 3. The third-order valence-corrected chi connectivity index (χ3v) is 5.51. The van der Waals surface area contributed by atoms with E-state index in [9.17, 15) is 4.79 Å². The Bertz CT molecular complexity index is 794. The second-order valence-electron chi connectivity index (χ2n) is 8.13. The zero-order chi connectivity index (χ0) is 21.3. The molecule has 1 amide bonds. The van der Waals surface area contributed by atoms with E-state index in [4.69, 9.17) is 4.74 Å². The van der Waals surface area contributed by atoms with Crippen molar-refractivity contribution in [2.45, 2.75) is 59.3 Å². The van der Waals surface area contributed by atoms with Gasteiger partial charge in [-0.15, -0.1) is 0 Å². The fourth-order valence-corrected chi connectivity index (χ4v) is 3.79. The Balaban J connectivity index is 1.44. The lowest BCUT2D eigenvalue weighted by molar-refractivity contribution is -0.120. The predicted octanol–water partition coefficient (Wildman–Crippen LogP) is 4.91. The van der Waals surface area contributed by atoms with Gasteiger partial charge in [0.1, 0.15) is 5.75 Å². The number of ether oxygens (including phenoxy) is 1. The zero-order valence-corrected chi connectivity index (χ0v) is 18.5. The maximum Gasteiger partial charge on any atom is 0.227 e. The Morgan fingerprint density at radius 2 is 1.73 bits per heavy atom. The van der Waals surface area contributed by atoms with Gasteiger partial charge in [-0.2, -0.15) is 0 Å². The van der Waals surface area contributed by atoms with Gasteiger partial charge in [-0.25, -0.2) is 9.97 Å². The predicted molar refractivity (Wildman–Crippen MR) is 121 cm³/mol. The maximum absolute atomic E-state index is 12.7. The quantitative estimate of drug-likeness (QED) is 0.595. The lowest BCUT2D eigenvalue weighted by atomic mass is 9.96. The molecule has 0 spiro atoms. The fraction of sp³-hybridized carbons (Fsp3) is 0.542. The van der Waals surface area contributed by atoms with Crippen molar-refractivity contribution >= 4 is 17.5 Å². The largest absolute Gasteiger partial charge is 0.494 e. The molecule has 1 saturated heterocycles. The van der Waals surface area contributed by atoms with E-state index in [0.717, 1.165) is 67.7 Å². The van der Waals surface area contributed by atoms with Gasteiger partial charge >= 0.3 is 0 Å². The number of piperidine rings is 1. The molecule has 30 heavy (non-hydrogen) atoms. The molecule has 3 rings (SSSR count). The van der Waals surface area contributed by atoms with Crippen LogP contribution in [0.5, 0.6) is 5.75 Å². The third kappa shape index (κ3) is 6.44. The average Bonchev–Trinajstić information content (AvgIpc) is 2.74. The number of rotatable bonds is 9. The van der Waals surface area contributed by atoms with Crippen LogP contribution in [-0.2, 0) is 4.79 Å². The number of carbonyl (C=O) groups is 1.